The number of imidazole rings is 1. The van der Waals surface area contributed by atoms with Gasteiger partial charge in [-0.25, -0.2) is 4.98 Å². The molecule has 174 valence electrons. The molecule has 0 saturated heterocycles. The maximum atomic E-state index is 13.4. The van der Waals surface area contributed by atoms with Crippen LogP contribution in [0.4, 0.5) is 13.2 Å². The van der Waals surface area contributed by atoms with Crippen LogP contribution in [0.15, 0.2) is 64.7 Å². The van der Waals surface area contributed by atoms with Crippen LogP contribution < -0.4 is 5.56 Å². The van der Waals surface area contributed by atoms with Crippen molar-refractivity contribution in [2.45, 2.75) is 30.6 Å². The Bertz CT molecular complexity index is 1570. The Labute approximate surface area is 195 Å². The molecule has 3 aromatic heterocycles. The first-order valence-corrected chi connectivity index (χ1v) is 11.4. The van der Waals surface area contributed by atoms with Crippen LogP contribution in [0, 0.1) is 6.92 Å². The summed E-state index contributed by atoms with van der Waals surface area (Å²) in [4.78, 5) is 17.0. The summed E-state index contributed by atoms with van der Waals surface area (Å²) < 4.78 is 44.5. The van der Waals surface area contributed by atoms with Crippen LogP contribution in [0.2, 0.25) is 0 Å². The molecule has 0 amide bonds. The lowest BCUT2D eigenvalue weighted by Gasteiger charge is -2.14. The predicted molar refractivity (Wildman–Crippen MR) is 124 cm³/mol. The minimum Gasteiger partial charge on any atom is -0.310 e. The van der Waals surface area contributed by atoms with Crippen molar-refractivity contribution in [3.63, 3.8) is 0 Å². The number of thioether (sulfide) groups is 1. The van der Waals surface area contributed by atoms with Crippen LogP contribution in [0.1, 0.15) is 11.4 Å². The molecular weight excluding hydrogens is 465 g/mol. The highest BCUT2D eigenvalue weighted by Crippen LogP contribution is 2.31. The van der Waals surface area contributed by atoms with Crippen molar-refractivity contribution in [2.75, 3.05) is 0 Å². The quantitative estimate of drug-likeness (QED) is 0.341. The van der Waals surface area contributed by atoms with Gasteiger partial charge in [-0.05, 0) is 24.6 Å². The second kappa shape index (κ2) is 8.32. The topological polar surface area (TPSA) is 70.0 Å². The first-order chi connectivity index (χ1) is 16.2. The highest BCUT2D eigenvalue weighted by Gasteiger charge is 2.31. The number of alkyl halides is 3. The lowest BCUT2D eigenvalue weighted by atomic mass is 10.1. The van der Waals surface area contributed by atoms with Gasteiger partial charge in [-0.3, -0.25) is 13.8 Å². The van der Waals surface area contributed by atoms with Gasteiger partial charge in [0.15, 0.2) is 5.16 Å². The molecule has 5 rings (SSSR count). The zero-order valence-corrected chi connectivity index (χ0v) is 19.1. The van der Waals surface area contributed by atoms with Crippen LogP contribution in [-0.4, -0.2) is 34.9 Å². The fraction of sp³-hybridized carbons (Fsp3) is 0.217. The number of nitrogens with zero attached hydrogens (tertiary/aromatic N) is 6. The first-order valence-electron chi connectivity index (χ1n) is 10.4. The number of hydrogen-bond acceptors (Lipinski definition) is 5. The summed E-state index contributed by atoms with van der Waals surface area (Å²) in [7, 11) is 1.62. The van der Waals surface area contributed by atoms with Gasteiger partial charge in [0.05, 0.1) is 28.5 Å². The van der Waals surface area contributed by atoms with E-state index in [4.69, 9.17) is 0 Å². The molecule has 7 nitrogen and oxygen atoms in total. The maximum absolute atomic E-state index is 13.4. The molecule has 0 N–H and O–H groups in total. The van der Waals surface area contributed by atoms with E-state index >= 15 is 0 Å². The summed E-state index contributed by atoms with van der Waals surface area (Å²) in [5, 5.41) is 9.12. The van der Waals surface area contributed by atoms with Gasteiger partial charge < -0.3 is 4.57 Å². The third-order valence-electron chi connectivity index (χ3n) is 5.50. The molecule has 3 heterocycles. The van der Waals surface area contributed by atoms with Gasteiger partial charge in [-0.2, -0.15) is 13.2 Å². The van der Waals surface area contributed by atoms with Crippen LogP contribution in [0.5, 0.6) is 0 Å². The van der Waals surface area contributed by atoms with E-state index in [1.54, 1.807) is 47.8 Å². The molecule has 0 aliphatic rings. The molecule has 2 aromatic carbocycles. The Hall–Kier alpha value is -3.60. The lowest BCUT2D eigenvalue weighted by Crippen LogP contribution is -2.20. The van der Waals surface area contributed by atoms with Crippen molar-refractivity contribution in [2.24, 2.45) is 7.05 Å². The van der Waals surface area contributed by atoms with E-state index in [0.29, 0.717) is 33.8 Å². The molecule has 5 aromatic rings. The molecule has 0 aliphatic heterocycles. The minimum atomic E-state index is -4.41. The van der Waals surface area contributed by atoms with E-state index in [-0.39, 0.29) is 16.5 Å². The van der Waals surface area contributed by atoms with Crippen LogP contribution in [0.3, 0.4) is 0 Å². The fourth-order valence-corrected chi connectivity index (χ4v) is 4.82. The zero-order chi connectivity index (χ0) is 24.0. The van der Waals surface area contributed by atoms with Gasteiger partial charge in [0, 0.05) is 7.05 Å². The number of aromatic nitrogens is 6. The Kier molecular flexibility index (Phi) is 5.43. The number of aryl methyl sites for hydroxylation is 2. The Morgan fingerprint density at radius 3 is 2.56 bits per heavy atom. The molecule has 34 heavy (non-hydrogen) atoms. The highest BCUT2D eigenvalue weighted by atomic mass is 32.2. The Morgan fingerprint density at radius 2 is 1.82 bits per heavy atom. The van der Waals surface area contributed by atoms with Crippen molar-refractivity contribution >= 4 is 28.4 Å². The van der Waals surface area contributed by atoms with Crippen molar-refractivity contribution < 1.29 is 13.2 Å². The molecule has 0 radical (unpaired) electrons. The van der Waals surface area contributed by atoms with Crippen LogP contribution >= 0.6 is 11.8 Å². The Morgan fingerprint density at radius 1 is 1.06 bits per heavy atom. The number of benzene rings is 2. The molecule has 0 aliphatic carbocycles. The average Bonchev–Trinajstić information content (AvgIpc) is 3.40. The number of hydrogen-bond donors (Lipinski definition) is 0. The zero-order valence-electron chi connectivity index (χ0n) is 18.2. The van der Waals surface area contributed by atoms with E-state index in [0.717, 1.165) is 17.3 Å². The van der Waals surface area contributed by atoms with Gasteiger partial charge in [0.25, 0.3) is 5.56 Å². The standard InChI is InChI=1S/C23H19F3N6OS/c1-14-8-9-17-16(10-14)20(33)30(2)21-29-28-19(32(17)21)12-34-22-27-11-18(15-6-4-3-5-7-15)31(22)13-23(24,25)26/h3-11H,12-13H2,1-2H3. The average molecular weight is 485 g/mol. The van der Waals surface area contributed by atoms with E-state index in [9.17, 15) is 18.0 Å². The summed E-state index contributed by atoms with van der Waals surface area (Å²) in [5.41, 5.74) is 2.43. The number of fused-ring (bicyclic) bond motifs is 3. The third kappa shape index (κ3) is 3.96. The Balaban J connectivity index is 1.56. The third-order valence-corrected chi connectivity index (χ3v) is 6.48. The number of rotatable bonds is 5. The van der Waals surface area contributed by atoms with Crippen molar-refractivity contribution in [3.8, 4) is 11.3 Å². The van der Waals surface area contributed by atoms with Crippen molar-refractivity contribution in [3.05, 3.63) is 76.5 Å². The van der Waals surface area contributed by atoms with E-state index in [2.05, 4.69) is 15.2 Å². The summed E-state index contributed by atoms with van der Waals surface area (Å²) >= 11 is 1.14. The number of halogens is 3. The molecule has 11 heteroatoms. The van der Waals surface area contributed by atoms with Crippen LogP contribution in [0.25, 0.3) is 27.9 Å². The molecule has 0 saturated carbocycles. The van der Waals surface area contributed by atoms with Gasteiger partial charge in [0.1, 0.15) is 12.4 Å². The molecule has 0 spiro atoms. The van der Waals surface area contributed by atoms with E-state index in [1.165, 1.54) is 15.3 Å². The lowest BCUT2D eigenvalue weighted by molar-refractivity contribution is -0.141. The molecular formula is C23H19F3N6OS. The largest absolute Gasteiger partial charge is 0.406 e. The molecule has 0 bridgehead atoms. The SMILES string of the molecule is Cc1ccc2c(c1)c(=O)n(C)c1nnc(CSc3ncc(-c4ccccc4)n3CC(F)(F)F)n21. The van der Waals surface area contributed by atoms with Gasteiger partial charge >= 0.3 is 6.18 Å². The van der Waals surface area contributed by atoms with E-state index in [1.807, 2.05) is 19.1 Å². The second-order valence-corrected chi connectivity index (χ2v) is 8.86. The normalized spacial score (nSPS) is 12.1. The molecule has 0 unspecified atom stereocenters. The fourth-order valence-electron chi connectivity index (χ4n) is 3.93. The predicted octanol–water partition coefficient (Wildman–Crippen LogP) is 4.61. The molecule has 0 atom stereocenters. The van der Waals surface area contributed by atoms with Crippen molar-refractivity contribution in [1.29, 1.82) is 0 Å². The van der Waals surface area contributed by atoms with E-state index < -0.39 is 12.7 Å². The van der Waals surface area contributed by atoms with Gasteiger partial charge in [-0.15, -0.1) is 10.2 Å². The van der Waals surface area contributed by atoms with Gasteiger partial charge in [-0.1, -0.05) is 53.7 Å². The summed E-state index contributed by atoms with van der Waals surface area (Å²) in [6.07, 6.45) is -2.96. The summed E-state index contributed by atoms with van der Waals surface area (Å²) in [6.45, 7) is 0.744. The monoisotopic (exact) mass is 484 g/mol. The van der Waals surface area contributed by atoms with Gasteiger partial charge in [0.2, 0.25) is 5.78 Å². The summed E-state index contributed by atoms with van der Waals surface area (Å²) in [6, 6.07) is 14.4. The summed E-state index contributed by atoms with van der Waals surface area (Å²) in [5.74, 6) is 1.08. The van der Waals surface area contributed by atoms with Crippen LogP contribution in [-0.2, 0) is 19.3 Å². The van der Waals surface area contributed by atoms with Crippen molar-refractivity contribution in [1.82, 2.24) is 28.7 Å². The smallest absolute Gasteiger partial charge is 0.310 e. The molecule has 0 fully saturated rings. The second-order valence-electron chi connectivity index (χ2n) is 7.92. The maximum Gasteiger partial charge on any atom is 0.406 e. The first kappa shape index (κ1) is 22.2. The highest BCUT2D eigenvalue weighted by molar-refractivity contribution is 7.98. The minimum absolute atomic E-state index is 0.189.